The van der Waals surface area contributed by atoms with Crippen LogP contribution in [-0.2, 0) is 21.7 Å². The van der Waals surface area contributed by atoms with Crippen molar-refractivity contribution in [3.63, 3.8) is 0 Å². The molecule has 474 valence electrons. The third kappa shape index (κ3) is 8.99. The van der Waals surface area contributed by atoms with Crippen LogP contribution in [0.25, 0.3) is 90.6 Å². The summed E-state index contributed by atoms with van der Waals surface area (Å²) < 4.78 is 6.73. The first-order chi connectivity index (χ1) is 49.0. The topological polar surface area (TPSA) is 86.6 Å². The van der Waals surface area contributed by atoms with E-state index in [0.717, 1.165) is 78.3 Å². The molecular formula is C92H64N6OS. The van der Waals surface area contributed by atoms with Crippen LogP contribution in [0.5, 0.6) is 11.5 Å². The van der Waals surface area contributed by atoms with Gasteiger partial charge in [0, 0.05) is 65.1 Å². The lowest BCUT2D eigenvalue weighted by atomic mass is 9.53. The normalized spacial score (nSPS) is 14.8. The van der Waals surface area contributed by atoms with E-state index >= 15 is 0 Å². The fourth-order valence-corrected chi connectivity index (χ4v) is 18.0. The van der Waals surface area contributed by atoms with Gasteiger partial charge >= 0.3 is 0 Å². The predicted octanol–water partition coefficient (Wildman–Crippen LogP) is 22.0. The second-order valence-corrected chi connectivity index (χ2v) is 28.7. The van der Waals surface area contributed by atoms with Crippen molar-refractivity contribution in [2.24, 2.45) is 0 Å². The van der Waals surface area contributed by atoms with Gasteiger partial charge in [0.1, 0.15) is 11.5 Å². The molecule has 0 fully saturated rings. The number of hydrogen-bond acceptors (Lipinski definition) is 8. The van der Waals surface area contributed by atoms with E-state index < -0.39 is 21.7 Å². The number of benzene rings is 13. The van der Waals surface area contributed by atoms with Crippen molar-refractivity contribution in [2.75, 3.05) is 0 Å². The van der Waals surface area contributed by atoms with Crippen LogP contribution in [-0.4, -0.2) is 29.9 Å². The number of fused-ring (bicyclic) bond motifs is 16. The zero-order valence-electron chi connectivity index (χ0n) is 55.5. The van der Waals surface area contributed by atoms with Crippen LogP contribution in [0.4, 0.5) is 0 Å². The summed E-state index contributed by atoms with van der Waals surface area (Å²) in [5.41, 5.74) is 22.2. The highest BCUT2D eigenvalue weighted by Gasteiger charge is 2.55. The van der Waals surface area contributed by atoms with Gasteiger partial charge in [0.05, 0.1) is 10.8 Å². The quantitative estimate of drug-likeness (QED) is 0.149. The predicted molar refractivity (Wildman–Crippen MR) is 402 cm³/mol. The molecule has 8 heteroatoms. The first-order valence-electron chi connectivity index (χ1n) is 34.2. The summed E-state index contributed by atoms with van der Waals surface area (Å²) in [4.78, 5) is 34.8. The summed E-state index contributed by atoms with van der Waals surface area (Å²) in [6.07, 6.45) is 0. The number of hydrogen-bond donors (Lipinski definition) is 0. The van der Waals surface area contributed by atoms with Gasteiger partial charge < -0.3 is 4.74 Å². The molecule has 0 saturated heterocycles. The van der Waals surface area contributed by atoms with E-state index in [4.69, 9.17) is 34.6 Å². The molecule has 19 rings (SSSR count). The van der Waals surface area contributed by atoms with Gasteiger partial charge in [-0.15, -0.1) is 0 Å². The fraction of sp³-hybridized carbons (Fsp3) is 0.0870. The van der Waals surface area contributed by atoms with Crippen LogP contribution in [0.2, 0.25) is 0 Å². The smallest absolute Gasteiger partial charge is 0.164 e. The average molecular weight is 1300 g/mol. The fourth-order valence-electron chi connectivity index (χ4n) is 16.8. The lowest BCUT2D eigenvalue weighted by Crippen LogP contribution is -2.43. The minimum atomic E-state index is -0.712. The second kappa shape index (κ2) is 22.8. The average Bonchev–Trinajstić information content (AvgIpc) is 0.684. The summed E-state index contributed by atoms with van der Waals surface area (Å²) in [6, 6.07) is 113. The molecule has 0 N–H and O–H groups in total. The van der Waals surface area contributed by atoms with Gasteiger partial charge in [-0.25, -0.2) is 29.9 Å². The Kier molecular flexibility index (Phi) is 13.5. The molecule has 4 heterocycles. The Labute approximate surface area is 586 Å². The largest absolute Gasteiger partial charge is 0.457 e. The minimum absolute atomic E-state index is 0.395. The monoisotopic (exact) mass is 1300 g/mol. The molecule has 0 unspecified atom stereocenters. The zero-order chi connectivity index (χ0) is 66.9. The van der Waals surface area contributed by atoms with Crippen molar-refractivity contribution in [2.45, 2.75) is 59.1 Å². The molecule has 2 aliphatic heterocycles. The van der Waals surface area contributed by atoms with Crippen molar-refractivity contribution in [3.05, 3.63) is 382 Å². The van der Waals surface area contributed by atoms with Gasteiger partial charge in [0.25, 0.3) is 0 Å². The molecule has 0 radical (unpaired) electrons. The number of nitrogens with zero attached hydrogens (tertiary/aromatic N) is 6. The van der Waals surface area contributed by atoms with E-state index in [1.807, 2.05) is 54.2 Å². The van der Waals surface area contributed by atoms with Crippen molar-refractivity contribution in [1.82, 2.24) is 29.9 Å². The van der Waals surface area contributed by atoms with Gasteiger partial charge in [-0.1, -0.05) is 319 Å². The summed E-state index contributed by atoms with van der Waals surface area (Å²) >= 11 is 1.85. The van der Waals surface area contributed by atoms with Crippen molar-refractivity contribution in [3.8, 4) is 102 Å². The van der Waals surface area contributed by atoms with E-state index in [9.17, 15) is 0 Å². The molecule has 13 aromatic carbocycles. The van der Waals surface area contributed by atoms with E-state index in [1.54, 1.807) is 0 Å². The van der Waals surface area contributed by atoms with Crippen LogP contribution in [0.3, 0.4) is 0 Å². The Morgan fingerprint density at radius 2 is 0.560 bits per heavy atom. The highest BCUT2D eigenvalue weighted by Crippen LogP contribution is 2.65. The summed E-state index contributed by atoms with van der Waals surface area (Å²) in [5, 5.41) is 0. The van der Waals surface area contributed by atoms with Gasteiger partial charge in [-0.3, -0.25) is 0 Å². The molecular weight excluding hydrogens is 1240 g/mol. The van der Waals surface area contributed by atoms with Crippen LogP contribution in [0.15, 0.2) is 325 Å². The zero-order valence-corrected chi connectivity index (χ0v) is 56.3. The third-order valence-corrected chi connectivity index (χ3v) is 22.6. The molecule has 0 bridgehead atoms. The Morgan fingerprint density at radius 3 is 1.09 bits per heavy atom. The first kappa shape index (κ1) is 59.3. The lowest BCUT2D eigenvalue weighted by Gasteiger charge is -2.51. The van der Waals surface area contributed by atoms with Crippen molar-refractivity contribution >= 4 is 11.8 Å². The highest BCUT2D eigenvalue weighted by atomic mass is 32.2. The van der Waals surface area contributed by atoms with Crippen LogP contribution in [0, 0.1) is 0 Å². The van der Waals surface area contributed by atoms with Gasteiger partial charge in [0.15, 0.2) is 34.9 Å². The maximum absolute atomic E-state index is 6.73. The van der Waals surface area contributed by atoms with E-state index in [1.165, 1.54) is 65.4 Å². The van der Waals surface area contributed by atoms with Gasteiger partial charge in [-0.2, -0.15) is 0 Å². The first-order valence-corrected chi connectivity index (χ1v) is 35.0. The standard InChI is InChI=1S/C92H64N6OS/c1-89(2)67-32-14-15-33-68(67)91(71-34-16-20-39-78(71)99-79-40-21-17-35-72(79)91)69-54-52-65(56-76(69)89)87-95-83(60-27-10-6-11-28-60)93-85(96-87)62-49-45-59(46-50-62)64-51-53-70-77(55-64)90(3,4)82-66(31-24-38-75(82)92(70)73-36-18-22-41-80(73)100-81-42-23-19-37-74(81)92)88-97-84(61-29-12-7-13-30-61)94-86(98-88)63-47-43-58(44-48-63)57-25-8-5-9-26-57/h5-56H,1-4H3. The Bertz CT molecular complexity index is 5700. The third-order valence-electron chi connectivity index (χ3n) is 21.5. The number of para-hydroxylation sites is 2. The van der Waals surface area contributed by atoms with E-state index in [0.29, 0.717) is 34.9 Å². The van der Waals surface area contributed by atoms with Gasteiger partial charge in [0.2, 0.25) is 0 Å². The molecule has 4 aliphatic rings. The Balaban J connectivity index is 0.755. The maximum atomic E-state index is 6.73. The van der Waals surface area contributed by atoms with Crippen LogP contribution < -0.4 is 4.74 Å². The van der Waals surface area contributed by atoms with Crippen molar-refractivity contribution in [1.29, 1.82) is 0 Å². The van der Waals surface area contributed by atoms with E-state index in [2.05, 4.69) is 301 Å². The highest BCUT2D eigenvalue weighted by molar-refractivity contribution is 7.99. The molecule has 100 heavy (non-hydrogen) atoms. The SMILES string of the molecule is CC1(C)c2ccccc2C2(c3ccccc3Oc3ccccc32)c2ccc(-c3nc(-c4ccccc4)nc(-c4ccc(-c5ccc6c(c5)C(C)(C)c5c(-c7nc(-c8ccccc8)nc(-c8ccc(-c9ccccc9)cc8)n7)cccc5C65c6ccccc6Sc6ccccc65)cc4)n3)cc21. The van der Waals surface area contributed by atoms with Gasteiger partial charge in [-0.05, 0) is 114 Å². The second-order valence-electron chi connectivity index (χ2n) is 27.6. The summed E-state index contributed by atoms with van der Waals surface area (Å²) in [7, 11) is 0. The lowest BCUT2D eigenvalue weighted by molar-refractivity contribution is 0.425. The molecule has 2 aliphatic carbocycles. The number of ether oxygens (including phenoxy) is 1. The number of aromatic nitrogens is 6. The maximum Gasteiger partial charge on any atom is 0.164 e. The van der Waals surface area contributed by atoms with E-state index in [-0.39, 0.29) is 0 Å². The van der Waals surface area contributed by atoms with Crippen molar-refractivity contribution < 1.29 is 4.74 Å². The van der Waals surface area contributed by atoms with Crippen LogP contribution in [0.1, 0.15) is 94.5 Å². The Morgan fingerprint density at radius 1 is 0.230 bits per heavy atom. The molecule has 7 nitrogen and oxygen atoms in total. The van der Waals surface area contributed by atoms with Crippen LogP contribution >= 0.6 is 11.8 Å². The molecule has 15 aromatic rings. The molecule has 2 spiro atoms. The Hall–Kier alpha value is -12.0. The summed E-state index contributed by atoms with van der Waals surface area (Å²) in [6.45, 7) is 9.47. The molecule has 0 atom stereocenters. The molecule has 0 amide bonds. The molecule has 2 aromatic heterocycles. The minimum Gasteiger partial charge on any atom is -0.457 e. The summed E-state index contributed by atoms with van der Waals surface area (Å²) in [5.74, 6) is 5.36. The number of rotatable bonds is 8. The molecule has 0 saturated carbocycles.